The van der Waals surface area contributed by atoms with Crippen molar-refractivity contribution in [1.29, 1.82) is 0 Å². The SMILES string of the molecule is CCc1ccc(CNC(=O)c2cc(-c3cnn(-c4ccc(C)cc4)c3C)nc3ccc(C)cc23)cc1. The molecule has 0 spiro atoms. The van der Waals surface area contributed by atoms with E-state index in [2.05, 4.69) is 72.8 Å². The number of nitrogens with zero attached hydrogens (tertiary/aromatic N) is 3. The van der Waals surface area contributed by atoms with E-state index in [1.807, 2.05) is 49.0 Å². The molecule has 2 heterocycles. The van der Waals surface area contributed by atoms with Gasteiger partial charge in [0, 0.05) is 17.5 Å². The highest BCUT2D eigenvalue weighted by molar-refractivity contribution is 6.07. The van der Waals surface area contributed by atoms with Gasteiger partial charge < -0.3 is 5.32 Å². The van der Waals surface area contributed by atoms with Crippen LogP contribution in [0.4, 0.5) is 0 Å². The maximum atomic E-state index is 13.4. The van der Waals surface area contributed by atoms with E-state index in [4.69, 9.17) is 4.98 Å². The molecule has 0 aliphatic carbocycles. The van der Waals surface area contributed by atoms with Crippen LogP contribution in [0, 0.1) is 20.8 Å². The molecule has 2 aromatic heterocycles. The summed E-state index contributed by atoms with van der Waals surface area (Å²) >= 11 is 0. The summed E-state index contributed by atoms with van der Waals surface area (Å²) in [6.45, 7) is 8.73. The fraction of sp³-hybridized carbons (Fsp3) is 0.194. The van der Waals surface area contributed by atoms with Crippen LogP contribution in [-0.4, -0.2) is 20.7 Å². The van der Waals surface area contributed by atoms with Crippen LogP contribution >= 0.6 is 0 Å². The summed E-state index contributed by atoms with van der Waals surface area (Å²) in [6, 6.07) is 24.6. The van der Waals surface area contributed by atoms with Crippen LogP contribution in [-0.2, 0) is 13.0 Å². The van der Waals surface area contributed by atoms with E-state index in [1.165, 1.54) is 11.1 Å². The second kappa shape index (κ2) is 9.78. The molecule has 5 aromatic rings. The van der Waals surface area contributed by atoms with E-state index in [9.17, 15) is 4.79 Å². The molecule has 0 aliphatic rings. The largest absolute Gasteiger partial charge is 0.348 e. The lowest BCUT2D eigenvalue weighted by Gasteiger charge is -2.12. The Balaban J connectivity index is 1.51. The Labute approximate surface area is 211 Å². The van der Waals surface area contributed by atoms with Gasteiger partial charge in [0.15, 0.2) is 0 Å². The van der Waals surface area contributed by atoms with Gasteiger partial charge >= 0.3 is 0 Å². The molecule has 0 aliphatic heterocycles. The standard InChI is InChI=1S/C31H30N4O/c1-5-23-9-11-24(12-10-23)18-32-31(36)27-17-30(34-29-15-8-21(3)16-26(27)29)28-19-33-35(22(28)4)25-13-6-20(2)7-14-25/h6-17,19H,5,18H2,1-4H3,(H,32,36). The second-order valence-electron chi connectivity index (χ2n) is 9.32. The molecule has 0 fully saturated rings. The first-order valence-corrected chi connectivity index (χ1v) is 12.3. The number of aryl methyl sites for hydroxylation is 3. The molecule has 0 radical (unpaired) electrons. The highest BCUT2D eigenvalue weighted by atomic mass is 16.1. The average molecular weight is 475 g/mol. The lowest BCUT2D eigenvalue weighted by Crippen LogP contribution is -2.23. The van der Waals surface area contributed by atoms with Crippen molar-refractivity contribution < 1.29 is 4.79 Å². The Morgan fingerprint density at radius 2 is 1.56 bits per heavy atom. The summed E-state index contributed by atoms with van der Waals surface area (Å²) < 4.78 is 1.91. The zero-order valence-electron chi connectivity index (χ0n) is 21.2. The number of carbonyl (C=O) groups is 1. The van der Waals surface area contributed by atoms with Crippen molar-refractivity contribution in [2.75, 3.05) is 0 Å². The maximum Gasteiger partial charge on any atom is 0.252 e. The van der Waals surface area contributed by atoms with Crippen LogP contribution in [0.25, 0.3) is 27.8 Å². The number of pyridine rings is 1. The predicted octanol–water partition coefficient (Wildman–Crippen LogP) is 6.51. The van der Waals surface area contributed by atoms with Gasteiger partial charge in [0.05, 0.1) is 34.4 Å². The molecule has 180 valence electrons. The van der Waals surface area contributed by atoms with Crippen LogP contribution in [0.5, 0.6) is 0 Å². The number of rotatable bonds is 6. The van der Waals surface area contributed by atoms with Crippen LogP contribution in [0.15, 0.2) is 79.0 Å². The second-order valence-corrected chi connectivity index (χ2v) is 9.32. The molecular weight excluding hydrogens is 444 g/mol. The van der Waals surface area contributed by atoms with Gasteiger partial charge in [0.1, 0.15) is 0 Å². The lowest BCUT2D eigenvalue weighted by atomic mass is 10.0. The zero-order chi connectivity index (χ0) is 25.2. The highest BCUT2D eigenvalue weighted by Gasteiger charge is 2.17. The summed E-state index contributed by atoms with van der Waals surface area (Å²) in [4.78, 5) is 18.3. The molecule has 0 saturated carbocycles. The van der Waals surface area contributed by atoms with E-state index in [1.54, 1.807) is 0 Å². The summed E-state index contributed by atoms with van der Waals surface area (Å²) in [5, 5.41) is 8.58. The summed E-state index contributed by atoms with van der Waals surface area (Å²) in [5.74, 6) is -0.114. The lowest BCUT2D eigenvalue weighted by molar-refractivity contribution is 0.0952. The van der Waals surface area contributed by atoms with Gasteiger partial charge in [-0.25, -0.2) is 9.67 Å². The maximum absolute atomic E-state index is 13.4. The smallest absolute Gasteiger partial charge is 0.252 e. The van der Waals surface area contributed by atoms with Crippen molar-refractivity contribution in [2.45, 2.75) is 40.7 Å². The Morgan fingerprint density at radius 1 is 0.861 bits per heavy atom. The van der Waals surface area contributed by atoms with Crippen molar-refractivity contribution in [3.63, 3.8) is 0 Å². The summed E-state index contributed by atoms with van der Waals surface area (Å²) in [5.41, 5.74) is 9.66. The summed E-state index contributed by atoms with van der Waals surface area (Å²) in [6.07, 6.45) is 2.83. The number of nitrogens with one attached hydrogen (secondary N) is 1. The number of aromatic nitrogens is 3. The van der Waals surface area contributed by atoms with Crippen molar-refractivity contribution in [3.05, 3.63) is 113 Å². The number of fused-ring (bicyclic) bond motifs is 1. The van der Waals surface area contributed by atoms with Gasteiger partial charge in [0.2, 0.25) is 0 Å². The number of benzene rings is 3. The normalized spacial score (nSPS) is 11.1. The Kier molecular flexibility index (Phi) is 6.38. The molecule has 1 N–H and O–H groups in total. The minimum Gasteiger partial charge on any atom is -0.348 e. The predicted molar refractivity (Wildman–Crippen MR) is 146 cm³/mol. The fourth-order valence-electron chi connectivity index (χ4n) is 4.44. The van der Waals surface area contributed by atoms with Crippen molar-refractivity contribution in [2.24, 2.45) is 0 Å². The molecule has 0 saturated heterocycles. The summed E-state index contributed by atoms with van der Waals surface area (Å²) in [7, 11) is 0. The van der Waals surface area contributed by atoms with Gasteiger partial charge in [-0.2, -0.15) is 5.10 Å². The first kappa shape index (κ1) is 23.5. The molecular formula is C31H30N4O. The van der Waals surface area contributed by atoms with E-state index >= 15 is 0 Å². The van der Waals surface area contributed by atoms with Gasteiger partial charge in [-0.15, -0.1) is 0 Å². The Hall–Kier alpha value is -4.25. The van der Waals surface area contributed by atoms with Gasteiger partial charge in [-0.3, -0.25) is 4.79 Å². The molecule has 5 nitrogen and oxygen atoms in total. The van der Waals surface area contributed by atoms with Gasteiger partial charge in [0.25, 0.3) is 5.91 Å². The van der Waals surface area contributed by atoms with Crippen LogP contribution < -0.4 is 5.32 Å². The minimum absolute atomic E-state index is 0.114. The van der Waals surface area contributed by atoms with E-state index in [0.29, 0.717) is 12.1 Å². The van der Waals surface area contributed by atoms with E-state index in [0.717, 1.165) is 51.1 Å². The number of carbonyl (C=O) groups excluding carboxylic acids is 1. The van der Waals surface area contributed by atoms with Gasteiger partial charge in [-0.1, -0.05) is 60.5 Å². The first-order chi connectivity index (χ1) is 17.4. The van der Waals surface area contributed by atoms with Gasteiger partial charge in [-0.05, 0) is 68.7 Å². The van der Waals surface area contributed by atoms with Crippen molar-refractivity contribution >= 4 is 16.8 Å². The number of hydrogen-bond acceptors (Lipinski definition) is 3. The van der Waals surface area contributed by atoms with E-state index < -0.39 is 0 Å². The molecule has 5 rings (SSSR count). The Morgan fingerprint density at radius 3 is 2.28 bits per heavy atom. The molecule has 5 heteroatoms. The molecule has 0 unspecified atom stereocenters. The minimum atomic E-state index is -0.114. The average Bonchev–Trinajstić information content (AvgIpc) is 3.28. The van der Waals surface area contributed by atoms with E-state index in [-0.39, 0.29) is 5.91 Å². The zero-order valence-corrected chi connectivity index (χ0v) is 21.2. The van der Waals surface area contributed by atoms with Crippen LogP contribution in [0.1, 0.15) is 45.2 Å². The highest BCUT2D eigenvalue weighted by Crippen LogP contribution is 2.29. The molecule has 3 aromatic carbocycles. The molecule has 0 bridgehead atoms. The monoisotopic (exact) mass is 474 g/mol. The molecule has 0 atom stereocenters. The third kappa shape index (κ3) is 4.65. The molecule has 36 heavy (non-hydrogen) atoms. The van der Waals surface area contributed by atoms with Crippen LogP contribution in [0.3, 0.4) is 0 Å². The topological polar surface area (TPSA) is 59.8 Å². The van der Waals surface area contributed by atoms with Crippen molar-refractivity contribution in [1.82, 2.24) is 20.1 Å². The Bertz CT molecular complexity index is 1550. The number of amides is 1. The third-order valence-electron chi connectivity index (χ3n) is 6.66. The first-order valence-electron chi connectivity index (χ1n) is 12.3. The van der Waals surface area contributed by atoms with Crippen LogP contribution in [0.2, 0.25) is 0 Å². The quantitative estimate of drug-likeness (QED) is 0.305. The third-order valence-corrected chi connectivity index (χ3v) is 6.66. The molecule has 1 amide bonds. The van der Waals surface area contributed by atoms with Crippen molar-refractivity contribution in [3.8, 4) is 16.9 Å². The number of hydrogen-bond donors (Lipinski definition) is 1. The fourth-order valence-corrected chi connectivity index (χ4v) is 4.44.